The maximum absolute atomic E-state index is 13.2. The summed E-state index contributed by atoms with van der Waals surface area (Å²) in [6.45, 7) is 1.84. The predicted molar refractivity (Wildman–Crippen MR) is 63.8 cm³/mol. The van der Waals surface area contributed by atoms with Crippen LogP contribution in [0, 0.1) is 5.82 Å². The van der Waals surface area contributed by atoms with Gasteiger partial charge >= 0.3 is 0 Å². The van der Waals surface area contributed by atoms with Gasteiger partial charge in [0.1, 0.15) is 5.82 Å². The van der Waals surface area contributed by atoms with Gasteiger partial charge in [-0.05, 0) is 33.6 Å². The van der Waals surface area contributed by atoms with E-state index in [4.69, 9.17) is 0 Å². The van der Waals surface area contributed by atoms with Crippen LogP contribution in [0.15, 0.2) is 22.7 Å². The third-order valence-electron chi connectivity index (χ3n) is 3.00. The van der Waals surface area contributed by atoms with E-state index in [-0.39, 0.29) is 30.5 Å². The zero-order valence-electron chi connectivity index (χ0n) is 9.22. The fraction of sp³-hybridized carbons (Fsp3) is 0.333. The van der Waals surface area contributed by atoms with E-state index < -0.39 is 5.41 Å². The van der Waals surface area contributed by atoms with Crippen LogP contribution in [-0.2, 0) is 15.0 Å². The lowest BCUT2D eigenvalue weighted by Gasteiger charge is -2.32. The van der Waals surface area contributed by atoms with Gasteiger partial charge in [0.15, 0.2) is 0 Å². The molecule has 0 bridgehead atoms. The van der Waals surface area contributed by atoms with Gasteiger partial charge in [-0.3, -0.25) is 14.9 Å². The van der Waals surface area contributed by atoms with E-state index in [0.717, 1.165) is 5.56 Å². The van der Waals surface area contributed by atoms with Gasteiger partial charge in [0, 0.05) is 18.3 Å². The number of imide groups is 1. The molecule has 1 aromatic rings. The molecule has 90 valence electrons. The first-order valence-corrected chi connectivity index (χ1v) is 5.98. The van der Waals surface area contributed by atoms with E-state index in [0.29, 0.717) is 4.47 Å². The van der Waals surface area contributed by atoms with Crippen molar-refractivity contribution in [2.45, 2.75) is 25.2 Å². The lowest BCUT2D eigenvalue weighted by Crippen LogP contribution is -2.45. The van der Waals surface area contributed by atoms with Crippen LogP contribution in [0.4, 0.5) is 4.39 Å². The molecule has 2 rings (SSSR count). The summed E-state index contributed by atoms with van der Waals surface area (Å²) in [6, 6.07) is 4.58. The maximum Gasteiger partial charge on any atom is 0.227 e. The van der Waals surface area contributed by atoms with E-state index in [1.165, 1.54) is 6.07 Å². The molecule has 1 heterocycles. The summed E-state index contributed by atoms with van der Waals surface area (Å²) in [5, 5.41) is 2.27. The average Bonchev–Trinajstić information content (AvgIpc) is 2.19. The van der Waals surface area contributed by atoms with Crippen molar-refractivity contribution >= 4 is 27.7 Å². The average molecular weight is 300 g/mol. The molecule has 0 spiro atoms. The van der Waals surface area contributed by atoms with Crippen molar-refractivity contribution < 1.29 is 14.0 Å². The number of rotatable bonds is 1. The van der Waals surface area contributed by atoms with Gasteiger partial charge < -0.3 is 0 Å². The Morgan fingerprint density at radius 2 is 1.88 bits per heavy atom. The van der Waals surface area contributed by atoms with Crippen LogP contribution in [0.25, 0.3) is 0 Å². The van der Waals surface area contributed by atoms with Crippen LogP contribution in [0.1, 0.15) is 25.3 Å². The lowest BCUT2D eigenvalue weighted by molar-refractivity contribution is -0.135. The first-order chi connectivity index (χ1) is 7.90. The molecule has 0 aromatic heterocycles. The first kappa shape index (κ1) is 12.2. The monoisotopic (exact) mass is 299 g/mol. The van der Waals surface area contributed by atoms with Gasteiger partial charge in [-0.2, -0.15) is 0 Å². The Balaban J connectivity index is 2.39. The topological polar surface area (TPSA) is 46.2 Å². The number of nitrogens with one attached hydrogen (secondary N) is 1. The Hall–Kier alpha value is -1.23. The fourth-order valence-electron chi connectivity index (χ4n) is 2.09. The van der Waals surface area contributed by atoms with Crippen LogP contribution < -0.4 is 5.32 Å². The highest BCUT2D eigenvalue weighted by atomic mass is 79.9. The Morgan fingerprint density at radius 3 is 2.41 bits per heavy atom. The van der Waals surface area contributed by atoms with Crippen LogP contribution in [-0.4, -0.2) is 11.8 Å². The zero-order chi connectivity index (χ0) is 12.6. The molecule has 0 aliphatic carbocycles. The molecule has 2 amide bonds. The van der Waals surface area contributed by atoms with E-state index >= 15 is 0 Å². The molecule has 5 heteroatoms. The summed E-state index contributed by atoms with van der Waals surface area (Å²) in [7, 11) is 0. The standard InChI is InChI=1S/C12H11BrFNO2/c1-12(5-10(16)15-11(17)6-12)7-2-3-9(14)8(13)4-7/h2-4H,5-6H2,1H3,(H,15,16,17). The SMILES string of the molecule is CC1(c2ccc(F)c(Br)c2)CC(=O)NC(=O)C1. The quantitative estimate of drug-likeness (QED) is 0.809. The Bertz CT molecular complexity index is 485. The van der Waals surface area contributed by atoms with Crippen molar-refractivity contribution in [1.29, 1.82) is 0 Å². The molecule has 0 atom stereocenters. The van der Waals surface area contributed by atoms with Crippen molar-refractivity contribution in [2.24, 2.45) is 0 Å². The molecule has 1 fully saturated rings. The highest BCUT2D eigenvalue weighted by molar-refractivity contribution is 9.10. The molecule has 1 aromatic carbocycles. The van der Waals surface area contributed by atoms with Gasteiger partial charge in [0.25, 0.3) is 0 Å². The minimum absolute atomic E-state index is 0.233. The van der Waals surface area contributed by atoms with Gasteiger partial charge in [-0.15, -0.1) is 0 Å². The van der Waals surface area contributed by atoms with Crippen molar-refractivity contribution in [2.75, 3.05) is 0 Å². The zero-order valence-corrected chi connectivity index (χ0v) is 10.8. The molecule has 1 aliphatic rings. The lowest BCUT2D eigenvalue weighted by atomic mass is 9.74. The second-order valence-corrected chi connectivity index (χ2v) is 5.37. The summed E-state index contributed by atoms with van der Waals surface area (Å²) in [5.74, 6) is -0.933. The molecule has 0 radical (unpaired) electrons. The maximum atomic E-state index is 13.2. The number of hydrogen-bond donors (Lipinski definition) is 1. The summed E-state index contributed by atoms with van der Waals surface area (Å²) in [4.78, 5) is 22.8. The predicted octanol–water partition coefficient (Wildman–Crippen LogP) is 2.28. The summed E-state index contributed by atoms with van der Waals surface area (Å²) >= 11 is 3.11. The molecule has 0 saturated carbocycles. The Kier molecular flexibility index (Phi) is 3.03. The number of benzene rings is 1. The molecule has 1 saturated heterocycles. The largest absolute Gasteiger partial charge is 0.296 e. The first-order valence-electron chi connectivity index (χ1n) is 5.19. The van der Waals surface area contributed by atoms with Crippen LogP contribution in [0.2, 0.25) is 0 Å². The second kappa shape index (κ2) is 4.22. The molecule has 3 nitrogen and oxygen atoms in total. The van der Waals surface area contributed by atoms with E-state index in [2.05, 4.69) is 21.2 Å². The molecule has 1 aliphatic heterocycles. The van der Waals surface area contributed by atoms with E-state index in [1.54, 1.807) is 12.1 Å². The molecule has 1 N–H and O–H groups in total. The highest BCUT2D eigenvalue weighted by Crippen LogP contribution is 2.35. The van der Waals surface area contributed by atoms with Crippen molar-refractivity contribution in [3.8, 4) is 0 Å². The van der Waals surface area contributed by atoms with Crippen molar-refractivity contribution in [3.05, 3.63) is 34.1 Å². The number of carbonyl (C=O) groups excluding carboxylic acids is 2. The minimum Gasteiger partial charge on any atom is -0.296 e. The van der Waals surface area contributed by atoms with Crippen LogP contribution in [0.3, 0.4) is 0 Å². The summed E-state index contributed by atoms with van der Waals surface area (Å²) in [5.41, 5.74) is 0.226. The third kappa shape index (κ3) is 2.39. The number of halogens is 2. The molecular formula is C12H11BrFNO2. The molecule has 0 unspecified atom stereocenters. The highest BCUT2D eigenvalue weighted by Gasteiger charge is 2.37. The summed E-state index contributed by atoms with van der Waals surface area (Å²) < 4.78 is 13.5. The Labute approximate surface area is 107 Å². The van der Waals surface area contributed by atoms with Gasteiger partial charge in [0.05, 0.1) is 4.47 Å². The number of hydrogen-bond acceptors (Lipinski definition) is 2. The molecule has 17 heavy (non-hydrogen) atoms. The van der Waals surface area contributed by atoms with Crippen molar-refractivity contribution in [3.63, 3.8) is 0 Å². The number of carbonyl (C=O) groups is 2. The van der Waals surface area contributed by atoms with Gasteiger partial charge in [-0.1, -0.05) is 13.0 Å². The third-order valence-corrected chi connectivity index (χ3v) is 3.60. The van der Waals surface area contributed by atoms with Crippen LogP contribution >= 0.6 is 15.9 Å². The van der Waals surface area contributed by atoms with Crippen molar-refractivity contribution in [1.82, 2.24) is 5.32 Å². The molecular weight excluding hydrogens is 289 g/mol. The van der Waals surface area contributed by atoms with Gasteiger partial charge in [-0.25, -0.2) is 4.39 Å². The fourth-order valence-corrected chi connectivity index (χ4v) is 2.47. The smallest absolute Gasteiger partial charge is 0.227 e. The van der Waals surface area contributed by atoms with Gasteiger partial charge in [0.2, 0.25) is 11.8 Å². The number of piperidine rings is 1. The summed E-state index contributed by atoms with van der Waals surface area (Å²) in [6.07, 6.45) is 0.466. The van der Waals surface area contributed by atoms with E-state index in [9.17, 15) is 14.0 Å². The Morgan fingerprint density at radius 1 is 1.29 bits per heavy atom. The van der Waals surface area contributed by atoms with E-state index in [1.807, 2.05) is 6.92 Å². The normalized spacial score (nSPS) is 19.0. The second-order valence-electron chi connectivity index (χ2n) is 4.51. The number of amides is 2. The van der Waals surface area contributed by atoms with Crippen LogP contribution in [0.5, 0.6) is 0 Å². The minimum atomic E-state index is -0.560.